The molecule has 2 heterocycles. The third-order valence-corrected chi connectivity index (χ3v) is 5.18. The second kappa shape index (κ2) is 6.10. The summed E-state index contributed by atoms with van der Waals surface area (Å²) in [4.78, 5) is 2.70. The van der Waals surface area contributed by atoms with Crippen molar-refractivity contribution in [3.63, 3.8) is 0 Å². The number of hydrogen-bond acceptors (Lipinski definition) is 2. The molecule has 2 heteroatoms. The van der Waals surface area contributed by atoms with Crippen LogP contribution in [0.4, 0.5) is 0 Å². The number of hydrogen-bond donors (Lipinski definition) is 1. The number of nitrogens with zero attached hydrogens (tertiary/aromatic N) is 1. The summed E-state index contributed by atoms with van der Waals surface area (Å²) in [7, 11) is 0. The Bertz CT molecular complexity index is 451. The molecule has 0 amide bonds. The third kappa shape index (κ3) is 3.49. The van der Waals surface area contributed by atoms with Crippen LogP contribution in [0.1, 0.15) is 57.6 Å². The molecule has 0 bridgehead atoms. The molecule has 3 rings (SSSR count). The lowest BCUT2D eigenvalue weighted by Crippen LogP contribution is -2.43. The highest BCUT2D eigenvalue weighted by molar-refractivity contribution is 5.27. The lowest BCUT2D eigenvalue weighted by atomic mass is 9.86. The first-order valence-electron chi connectivity index (χ1n) is 8.61. The van der Waals surface area contributed by atoms with Crippen molar-refractivity contribution < 1.29 is 0 Å². The van der Waals surface area contributed by atoms with Gasteiger partial charge in [0.1, 0.15) is 0 Å². The molecule has 21 heavy (non-hydrogen) atoms. The molecule has 2 fully saturated rings. The summed E-state index contributed by atoms with van der Waals surface area (Å²) in [6, 6.07) is 10.8. The van der Waals surface area contributed by atoms with Crippen LogP contribution >= 0.6 is 0 Å². The maximum Gasteiger partial charge on any atom is 0.0253 e. The standard InChI is InChI=1S/C19H30N2/c1-19(2,3)16-10-8-15(9-11-16)14-21-13-5-7-18(21)17-6-4-12-20-17/h8-11,17-18,20H,4-7,12-14H2,1-3H3. The van der Waals surface area contributed by atoms with E-state index < -0.39 is 0 Å². The molecule has 0 spiro atoms. The van der Waals surface area contributed by atoms with Gasteiger partial charge in [0.25, 0.3) is 0 Å². The van der Waals surface area contributed by atoms with E-state index in [2.05, 4.69) is 55.3 Å². The molecule has 116 valence electrons. The second-order valence-electron chi connectivity index (χ2n) is 7.83. The molecule has 1 N–H and O–H groups in total. The van der Waals surface area contributed by atoms with E-state index in [9.17, 15) is 0 Å². The summed E-state index contributed by atoms with van der Waals surface area (Å²) in [5, 5.41) is 3.70. The topological polar surface area (TPSA) is 15.3 Å². The van der Waals surface area contributed by atoms with E-state index in [0.717, 1.165) is 18.6 Å². The zero-order valence-electron chi connectivity index (χ0n) is 13.9. The average molecular weight is 286 g/mol. The first kappa shape index (κ1) is 15.1. The Hall–Kier alpha value is -0.860. The molecule has 2 aliphatic rings. The van der Waals surface area contributed by atoms with Crippen LogP contribution in [0.5, 0.6) is 0 Å². The second-order valence-corrected chi connectivity index (χ2v) is 7.83. The lowest BCUT2D eigenvalue weighted by Gasteiger charge is -2.29. The van der Waals surface area contributed by atoms with Gasteiger partial charge in [-0.25, -0.2) is 0 Å². The van der Waals surface area contributed by atoms with Crippen molar-refractivity contribution in [1.82, 2.24) is 10.2 Å². The van der Waals surface area contributed by atoms with E-state index >= 15 is 0 Å². The Labute approximate surface area is 129 Å². The Morgan fingerprint density at radius 3 is 2.48 bits per heavy atom. The van der Waals surface area contributed by atoms with Gasteiger partial charge in [0.2, 0.25) is 0 Å². The molecule has 2 atom stereocenters. The van der Waals surface area contributed by atoms with E-state index in [-0.39, 0.29) is 5.41 Å². The van der Waals surface area contributed by atoms with Crippen molar-refractivity contribution in [2.75, 3.05) is 13.1 Å². The summed E-state index contributed by atoms with van der Waals surface area (Å²) in [5.74, 6) is 0. The van der Waals surface area contributed by atoms with Gasteiger partial charge in [-0.05, 0) is 55.3 Å². The fourth-order valence-electron chi connectivity index (χ4n) is 3.89. The molecule has 2 aliphatic heterocycles. The van der Waals surface area contributed by atoms with Gasteiger partial charge in [0, 0.05) is 18.6 Å². The van der Waals surface area contributed by atoms with Crippen LogP contribution < -0.4 is 5.32 Å². The monoisotopic (exact) mass is 286 g/mol. The largest absolute Gasteiger partial charge is 0.312 e. The highest BCUT2D eigenvalue weighted by Gasteiger charge is 2.32. The lowest BCUT2D eigenvalue weighted by molar-refractivity contribution is 0.206. The third-order valence-electron chi connectivity index (χ3n) is 5.18. The fraction of sp³-hybridized carbons (Fsp3) is 0.684. The zero-order chi connectivity index (χ0) is 14.9. The quantitative estimate of drug-likeness (QED) is 0.911. The minimum Gasteiger partial charge on any atom is -0.312 e. The summed E-state index contributed by atoms with van der Waals surface area (Å²) >= 11 is 0. The maximum atomic E-state index is 3.70. The molecule has 1 aromatic rings. The molecule has 1 aromatic carbocycles. The molecule has 2 saturated heterocycles. The minimum atomic E-state index is 0.252. The van der Waals surface area contributed by atoms with E-state index in [0.29, 0.717) is 0 Å². The minimum absolute atomic E-state index is 0.252. The predicted molar refractivity (Wildman–Crippen MR) is 89.6 cm³/mol. The molecule has 2 unspecified atom stereocenters. The summed E-state index contributed by atoms with van der Waals surface area (Å²) in [5.41, 5.74) is 3.15. The van der Waals surface area contributed by atoms with Crippen molar-refractivity contribution in [2.45, 2.75) is 70.5 Å². The van der Waals surface area contributed by atoms with Crippen LogP contribution in [0.15, 0.2) is 24.3 Å². The summed E-state index contributed by atoms with van der Waals surface area (Å²) in [6.45, 7) is 10.4. The Morgan fingerprint density at radius 1 is 1.10 bits per heavy atom. The van der Waals surface area contributed by atoms with Crippen LogP contribution in [0, 0.1) is 0 Å². The Morgan fingerprint density at radius 2 is 1.86 bits per heavy atom. The zero-order valence-corrected chi connectivity index (χ0v) is 13.9. The molecule has 0 aliphatic carbocycles. The van der Waals surface area contributed by atoms with Crippen LogP contribution in [-0.2, 0) is 12.0 Å². The molecular weight excluding hydrogens is 256 g/mol. The smallest absolute Gasteiger partial charge is 0.0253 e. The van der Waals surface area contributed by atoms with Crippen molar-refractivity contribution in [1.29, 1.82) is 0 Å². The number of rotatable bonds is 3. The summed E-state index contributed by atoms with van der Waals surface area (Å²) < 4.78 is 0. The number of benzene rings is 1. The van der Waals surface area contributed by atoms with Crippen molar-refractivity contribution in [3.8, 4) is 0 Å². The molecule has 0 saturated carbocycles. The van der Waals surface area contributed by atoms with E-state index in [1.807, 2.05) is 0 Å². The molecule has 0 radical (unpaired) electrons. The Kier molecular flexibility index (Phi) is 4.37. The average Bonchev–Trinajstić information content (AvgIpc) is 3.08. The van der Waals surface area contributed by atoms with E-state index in [1.165, 1.54) is 49.9 Å². The first-order valence-corrected chi connectivity index (χ1v) is 8.61. The first-order chi connectivity index (χ1) is 10.0. The van der Waals surface area contributed by atoms with E-state index in [4.69, 9.17) is 0 Å². The molecule has 0 aromatic heterocycles. The van der Waals surface area contributed by atoms with Crippen molar-refractivity contribution >= 4 is 0 Å². The van der Waals surface area contributed by atoms with Crippen LogP contribution in [0.2, 0.25) is 0 Å². The van der Waals surface area contributed by atoms with Crippen molar-refractivity contribution in [3.05, 3.63) is 35.4 Å². The van der Waals surface area contributed by atoms with Crippen LogP contribution in [0.25, 0.3) is 0 Å². The Balaban J connectivity index is 1.65. The van der Waals surface area contributed by atoms with Crippen LogP contribution in [0.3, 0.4) is 0 Å². The van der Waals surface area contributed by atoms with Gasteiger partial charge in [-0.3, -0.25) is 4.90 Å². The van der Waals surface area contributed by atoms with Gasteiger partial charge in [-0.2, -0.15) is 0 Å². The predicted octanol–water partition coefficient (Wildman–Crippen LogP) is 3.70. The van der Waals surface area contributed by atoms with Gasteiger partial charge in [-0.1, -0.05) is 45.0 Å². The fourth-order valence-corrected chi connectivity index (χ4v) is 3.89. The van der Waals surface area contributed by atoms with Gasteiger partial charge < -0.3 is 5.32 Å². The molecule has 2 nitrogen and oxygen atoms in total. The van der Waals surface area contributed by atoms with Gasteiger partial charge in [0.15, 0.2) is 0 Å². The highest BCUT2D eigenvalue weighted by atomic mass is 15.2. The highest BCUT2D eigenvalue weighted by Crippen LogP contribution is 2.27. The van der Waals surface area contributed by atoms with Gasteiger partial charge in [-0.15, -0.1) is 0 Å². The number of nitrogens with one attached hydrogen (secondary N) is 1. The van der Waals surface area contributed by atoms with E-state index in [1.54, 1.807) is 0 Å². The van der Waals surface area contributed by atoms with Gasteiger partial charge >= 0.3 is 0 Å². The summed E-state index contributed by atoms with van der Waals surface area (Å²) in [6.07, 6.45) is 5.46. The normalized spacial score (nSPS) is 27.4. The molecular formula is C19H30N2. The number of likely N-dealkylation sites (tertiary alicyclic amines) is 1. The van der Waals surface area contributed by atoms with Gasteiger partial charge in [0.05, 0.1) is 0 Å². The van der Waals surface area contributed by atoms with Crippen molar-refractivity contribution in [2.24, 2.45) is 0 Å². The SMILES string of the molecule is CC(C)(C)c1ccc(CN2CCCC2C2CCCN2)cc1. The maximum absolute atomic E-state index is 3.70. The van der Waals surface area contributed by atoms with Crippen LogP contribution in [-0.4, -0.2) is 30.1 Å².